The zero-order chi connectivity index (χ0) is 22.9. The van der Waals surface area contributed by atoms with Crippen molar-refractivity contribution in [2.45, 2.75) is 37.4 Å². The second-order valence-corrected chi connectivity index (χ2v) is 8.32. The van der Waals surface area contributed by atoms with Gasteiger partial charge in [-0.05, 0) is 43.5 Å². The summed E-state index contributed by atoms with van der Waals surface area (Å²) in [5, 5.41) is 2.55. The van der Waals surface area contributed by atoms with Crippen LogP contribution in [0.1, 0.15) is 46.9 Å². The number of aromatic nitrogens is 2. The third kappa shape index (κ3) is 4.64. The lowest BCUT2D eigenvalue weighted by Crippen LogP contribution is -2.49. The Morgan fingerprint density at radius 2 is 1.88 bits per heavy atom. The molecule has 1 saturated heterocycles. The SMILES string of the molecule is CNC(=O)c1ccc(N2CCN([C@H]3CC[C@@H](c4ccc(C(F)(F)F)c(=O)[nH]4)C3)CC2)cn1. The maximum absolute atomic E-state index is 12.8. The highest BCUT2D eigenvalue weighted by Gasteiger charge is 2.36. The molecule has 3 heterocycles. The summed E-state index contributed by atoms with van der Waals surface area (Å²) in [7, 11) is 1.57. The molecule has 1 aliphatic heterocycles. The van der Waals surface area contributed by atoms with Crippen LogP contribution in [0.25, 0.3) is 0 Å². The number of H-pyrrole nitrogens is 1. The number of hydrogen-bond acceptors (Lipinski definition) is 5. The van der Waals surface area contributed by atoms with Crippen molar-refractivity contribution in [1.29, 1.82) is 0 Å². The average Bonchev–Trinajstić information content (AvgIpc) is 3.28. The first-order valence-corrected chi connectivity index (χ1v) is 10.7. The Bertz CT molecular complexity index is 1010. The van der Waals surface area contributed by atoms with Gasteiger partial charge in [-0.3, -0.25) is 14.5 Å². The normalized spacial score (nSPS) is 22.2. The molecule has 1 amide bonds. The number of rotatable bonds is 4. The first-order valence-electron chi connectivity index (χ1n) is 10.7. The Morgan fingerprint density at radius 3 is 2.47 bits per heavy atom. The highest BCUT2D eigenvalue weighted by atomic mass is 19.4. The van der Waals surface area contributed by atoms with Gasteiger partial charge in [-0.15, -0.1) is 0 Å². The molecule has 2 fully saturated rings. The molecule has 1 saturated carbocycles. The van der Waals surface area contributed by atoms with Gasteiger partial charge in [0.2, 0.25) is 0 Å². The molecule has 32 heavy (non-hydrogen) atoms. The molecule has 2 aromatic rings. The molecular weight excluding hydrogens is 423 g/mol. The molecule has 2 N–H and O–H groups in total. The smallest absolute Gasteiger partial charge is 0.368 e. The number of hydrogen-bond donors (Lipinski definition) is 2. The fourth-order valence-electron chi connectivity index (χ4n) is 4.70. The van der Waals surface area contributed by atoms with Gasteiger partial charge in [0, 0.05) is 50.9 Å². The van der Waals surface area contributed by atoms with Crippen LogP contribution in [0.5, 0.6) is 0 Å². The van der Waals surface area contributed by atoms with Crippen LogP contribution in [-0.4, -0.2) is 60.0 Å². The molecule has 0 aromatic carbocycles. The van der Waals surface area contributed by atoms with E-state index in [4.69, 9.17) is 0 Å². The summed E-state index contributed by atoms with van der Waals surface area (Å²) in [6.45, 7) is 3.41. The summed E-state index contributed by atoms with van der Waals surface area (Å²) >= 11 is 0. The van der Waals surface area contributed by atoms with Crippen molar-refractivity contribution >= 4 is 11.6 Å². The van der Waals surface area contributed by atoms with E-state index in [0.29, 0.717) is 17.4 Å². The summed E-state index contributed by atoms with van der Waals surface area (Å²) in [6.07, 6.45) is -0.300. The Kier molecular flexibility index (Phi) is 6.23. The van der Waals surface area contributed by atoms with Gasteiger partial charge in [0.05, 0.1) is 11.9 Å². The van der Waals surface area contributed by atoms with Crippen molar-refractivity contribution < 1.29 is 18.0 Å². The molecule has 2 aromatic heterocycles. The molecule has 2 aliphatic rings. The Balaban J connectivity index is 1.33. The van der Waals surface area contributed by atoms with Crippen LogP contribution in [0, 0.1) is 0 Å². The maximum Gasteiger partial charge on any atom is 0.421 e. The second-order valence-electron chi connectivity index (χ2n) is 8.32. The number of pyridine rings is 2. The van der Waals surface area contributed by atoms with Crippen molar-refractivity contribution in [3.63, 3.8) is 0 Å². The fraction of sp³-hybridized carbons (Fsp3) is 0.500. The van der Waals surface area contributed by atoms with Gasteiger partial charge in [0.25, 0.3) is 11.5 Å². The third-order valence-electron chi connectivity index (χ3n) is 6.49. The standard InChI is InChI=1S/C22H26F3N5O2/c1-26-21(32)19-6-4-16(13-27-19)30-10-8-29(9-11-30)15-3-2-14(12-15)18-7-5-17(20(31)28-18)22(23,24)25/h4-7,13-15H,2-3,8-12H2,1H3,(H,26,32)(H,28,31)/t14-,15+/m1/s1. The zero-order valence-electron chi connectivity index (χ0n) is 17.8. The predicted octanol–water partition coefficient (Wildman–Crippen LogP) is 2.61. The molecule has 1 aliphatic carbocycles. The number of amides is 1. The second kappa shape index (κ2) is 8.93. The van der Waals surface area contributed by atoms with Crippen LogP contribution >= 0.6 is 0 Å². The summed E-state index contributed by atoms with van der Waals surface area (Å²) < 4.78 is 38.5. The Morgan fingerprint density at radius 1 is 1.12 bits per heavy atom. The van der Waals surface area contributed by atoms with E-state index in [9.17, 15) is 22.8 Å². The Labute approximate surface area is 183 Å². The van der Waals surface area contributed by atoms with E-state index in [2.05, 4.69) is 25.1 Å². The predicted molar refractivity (Wildman–Crippen MR) is 114 cm³/mol. The van der Waals surface area contributed by atoms with Crippen molar-refractivity contribution in [2.75, 3.05) is 38.1 Å². The minimum atomic E-state index is -4.64. The largest absolute Gasteiger partial charge is 0.421 e. The van der Waals surface area contributed by atoms with E-state index in [0.717, 1.165) is 57.2 Å². The topological polar surface area (TPSA) is 81.3 Å². The lowest BCUT2D eigenvalue weighted by molar-refractivity contribution is -0.138. The molecule has 0 bridgehead atoms. The maximum atomic E-state index is 12.8. The van der Waals surface area contributed by atoms with Gasteiger partial charge >= 0.3 is 6.18 Å². The summed E-state index contributed by atoms with van der Waals surface area (Å²) in [5.74, 6) is -0.152. The fourth-order valence-corrected chi connectivity index (χ4v) is 4.70. The molecular formula is C22H26F3N5O2. The number of nitrogens with zero attached hydrogens (tertiary/aromatic N) is 3. The molecule has 10 heteroatoms. The van der Waals surface area contributed by atoms with Gasteiger partial charge in [-0.25, -0.2) is 4.98 Å². The summed E-state index contributed by atoms with van der Waals surface area (Å²) in [6, 6.07) is 6.27. The van der Waals surface area contributed by atoms with Gasteiger partial charge in [0.1, 0.15) is 11.3 Å². The number of halogens is 3. The van der Waals surface area contributed by atoms with Crippen LogP contribution in [-0.2, 0) is 6.18 Å². The number of anilines is 1. The van der Waals surface area contributed by atoms with Gasteiger partial charge in [0.15, 0.2) is 0 Å². The summed E-state index contributed by atoms with van der Waals surface area (Å²) in [4.78, 5) is 34.8. The number of nitrogens with one attached hydrogen (secondary N) is 2. The summed E-state index contributed by atoms with van der Waals surface area (Å²) in [5.41, 5.74) is -0.267. The van der Waals surface area contributed by atoms with Crippen LogP contribution in [0.4, 0.5) is 18.9 Å². The number of aromatic amines is 1. The molecule has 0 radical (unpaired) electrons. The van der Waals surface area contributed by atoms with E-state index in [1.807, 2.05) is 6.07 Å². The van der Waals surface area contributed by atoms with Crippen LogP contribution in [0.2, 0.25) is 0 Å². The van der Waals surface area contributed by atoms with Crippen molar-refractivity contribution in [1.82, 2.24) is 20.2 Å². The van der Waals surface area contributed by atoms with E-state index in [1.54, 1.807) is 19.3 Å². The van der Waals surface area contributed by atoms with E-state index >= 15 is 0 Å². The molecule has 0 spiro atoms. The molecule has 0 unspecified atom stereocenters. The average molecular weight is 449 g/mol. The zero-order valence-corrected chi connectivity index (χ0v) is 17.8. The highest BCUT2D eigenvalue weighted by Crippen LogP contribution is 2.37. The number of piperazine rings is 1. The molecule has 7 nitrogen and oxygen atoms in total. The van der Waals surface area contributed by atoms with Gasteiger partial charge in [-0.1, -0.05) is 0 Å². The monoisotopic (exact) mass is 449 g/mol. The minimum Gasteiger partial charge on any atom is -0.368 e. The first-order chi connectivity index (χ1) is 15.3. The van der Waals surface area contributed by atoms with Gasteiger partial charge in [-0.2, -0.15) is 13.2 Å². The van der Waals surface area contributed by atoms with Crippen molar-refractivity contribution in [3.8, 4) is 0 Å². The van der Waals surface area contributed by atoms with Crippen molar-refractivity contribution in [3.05, 3.63) is 57.8 Å². The van der Waals surface area contributed by atoms with Gasteiger partial charge < -0.3 is 15.2 Å². The number of carbonyl (C=O) groups excluding carboxylic acids is 1. The van der Waals surface area contributed by atoms with Crippen LogP contribution < -0.4 is 15.8 Å². The van der Waals surface area contributed by atoms with Crippen molar-refractivity contribution in [2.24, 2.45) is 0 Å². The highest BCUT2D eigenvalue weighted by molar-refractivity contribution is 5.92. The Hall–Kier alpha value is -2.88. The van der Waals surface area contributed by atoms with E-state index in [-0.39, 0.29) is 11.8 Å². The quantitative estimate of drug-likeness (QED) is 0.750. The lowest BCUT2D eigenvalue weighted by atomic mass is 10.0. The van der Waals surface area contributed by atoms with Crippen LogP contribution in [0.3, 0.4) is 0 Å². The first kappa shape index (κ1) is 22.3. The van der Waals surface area contributed by atoms with E-state index in [1.165, 1.54) is 6.07 Å². The number of carbonyl (C=O) groups is 1. The third-order valence-corrected chi connectivity index (χ3v) is 6.49. The minimum absolute atomic E-state index is 0.0643. The number of alkyl halides is 3. The molecule has 172 valence electrons. The van der Waals surface area contributed by atoms with Crippen LogP contribution in [0.15, 0.2) is 35.3 Å². The molecule has 4 rings (SSSR count). The van der Waals surface area contributed by atoms with E-state index < -0.39 is 17.3 Å². The molecule has 2 atom stereocenters. The lowest BCUT2D eigenvalue weighted by Gasteiger charge is -2.39.